The molecule has 0 fully saturated rings. The number of hydroxylamine groups is 2. The van der Waals surface area contributed by atoms with E-state index < -0.39 is 29.6 Å². The summed E-state index contributed by atoms with van der Waals surface area (Å²) < 4.78 is 9.87. The summed E-state index contributed by atoms with van der Waals surface area (Å²) in [5, 5.41) is 3.21. The lowest BCUT2D eigenvalue weighted by Gasteiger charge is -2.24. The number of esters is 1. The van der Waals surface area contributed by atoms with Gasteiger partial charge in [-0.3, -0.25) is 14.4 Å². The Morgan fingerprint density at radius 2 is 1.91 bits per heavy atom. The quantitative estimate of drug-likeness (QED) is 0.428. The molecule has 0 unspecified atom stereocenters. The van der Waals surface area contributed by atoms with E-state index in [1.165, 1.54) is 20.2 Å². The van der Waals surface area contributed by atoms with Gasteiger partial charge in [-0.25, -0.2) is 9.86 Å². The minimum Gasteiger partial charge on any atom is -0.460 e. The van der Waals surface area contributed by atoms with Crippen molar-refractivity contribution in [3.63, 3.8) is 0 Å². The topological polar surface area (TPSA) is 94.2 Å². The van der Waals surface area contributed by atoms with Crippen LogP contribution >= 0.6 is 0 Å². The van der Waals surface area contributed by atoms with Crippen LogP contribution in [-0.2, 0) is 23.9 Å². The van der Waals surface area contributed by atoms with Crippen LogP contribution < -0.4 is 5.32 Å². The average molecular weight is 316 g/mol. The Kier molecular flexibility index (Phi) is 8.18. The predicted octanol–water partition coefficient (Wildman–Crippen LogP) is 1.02. The average Bonchev–Trinajstić information content (AvgIpc) is 2.40. The minimum atomic E-state index is -1.16. The summed E-state index contributed by atoms with van der Waals surface area (Å²) in [5.74, 6) is -1.23. The third kappa shape index (κ3) is 8.25. The number of carbonyl (C=O) groups is 3. The maximum atomic E-state index is 12.1. The van der Waals surface area contributed by atoms with Gasteiger partial charge in [0.05, 0.1) is 13.5 Å². The van der Waals surface area contributed by atoms with Crippen molar-refractivity contribution < 1.29 is 28.7 Å². The highest BCUT2D eigenvalue weighted by Gasteiger charge is 2.29. The SMILES string of the molecule is C=CCOC(=O)N[C@@H](CC(=O)OC(C)(C)C)C(=O)N(C)OC. The van der Waals surface area contributed by atoms with Crippen LogP contribution in [0.15, 0.2) is 12.7 Å². The zero-order valence-corrected chi connectivity index (χ0v) is 13.7. The van der Waals surface area contributed by atoms with Gasteiger partial charge in [0.25, 0.3) is 5.91 Å². The third-order valence-corrected chi connectivity index (χ3v) is 2.30. The van der Waals surface area contributed by atoms with E-state index in [-0.39, 0.29) is 13.0 Å². The first kappa shape index (κ1) is 19.9. The number of ether oxygens (including phenoxy) is 2. The van der Waals surface area contributed by atoms with Crippen LogP contribution in [0.5, 0.6) is 0 Å². The summed E-state index contributed by atoms with van der Waals surface area (Å²) >= 11 is 0. The second kappa shape index (κ2) is 9.04. The van der Waals surface area contributed by atoms with Crippen molar-refractivity contribution in [1.82, 2.24) is 10.4 Å². The molecule has 0 saturated carbocycles. The molecule has 0 aromatic heterocycles. The molecule has 0 aliphatic carbocycles. The summed E-state index contributed by atoms with van der Waals surface area (Å²) in [6, 6.07) is -1.16. The Hall–Kier alpha value is -2.09. The van der Waals surface area contributed by atoms with E-state index in [1.807, 2.05) is 0 Å². The van der Waals surface area contributed by atoms with Crippen molar-refractivity contribution in [3.8, 4) is 0 Å². The maximum absolute atomic E-state index is 12.1. The zero-order chi connectivity index (χ0) is 17.3. The van der Waals surface area contributed by atoms with Crippen LogP contribution in [0.4, 0.5) is 4.79 Å². The first-order valence-electron chi connectivity index (χ1n) is 6.68. The highest BCUT2D eigenvalue weighted by molar-refractivity contribution is 5.89. The van der Waals surface area contributed by atoms with E-state index >= 15 is 0 Å². The van der Waals surface area contributed by atoms with Crippen molar-refractivity contribution in [2.75, 3.05) is 20.8 Å². The largest absolute Gasteiger partial charge is 0.460 e. The van der Waals surface area contributed by atoms with Crippen molar-refractivity contribution in [2.24, 2.45) is 0 Å². The van der Waals surface area contributed by atoms with Gasteiger partial charge in [0.15, 0.2) is 0 Å². The van der Waals surface area contributed by atoms with Crippen molar-refractivity contribution in [3.05, 3.63) is 12.7 Å². The van der Waals surface area contributed by atoms with Crippen LogP contribution in [-0.4, -0.2) is 55.4 Å². The Balaban J connectivity index is 4.86. The molecule has 1 N–H and O–H groups in total. The molecule has 0 aliphatic rings. The van der Waals surface area contributed by atoms with Gasteiger partial charge in [0.1, 0.15) is 18.2 Å². The molecule has 22 heavy (non-hydrogen) atoms. The summed E-state index contributed by atoms with van der Waals surface area (Å²) in [5.41, 5.74) is -0.693. The Bertz CT molecular complexity index is 416. The van der Waals surface area contributed by atoms with Gasteiger partial charge in [-0.05, 0) is 20.8 Å². The number of alkyl carbamates (subject to hydrolysis) is 1. The number of nitrogens with one attached hydrogen (secondary N) is 1. The Morgan fingerprint density at radius 1 is 1.32 bits per heavy atom. The number of hydrogen-bond donors (Lipinski definition) is 1. The Morgan fingerprint density at radius 3 is 2.36 bits per heavy atom. The van der Waals surface area contributed by atoms with Gasteiger partial charge in [-0.1, -0.05) is 12.7 Å². The lowest BCUT2D eigenvalue weighted by Crippen LogP contribution is -2.48. The fourth-order valence-electron chi connectivity index (χ4n) is 1.38. The van der Waals surface area contributed by atoms with Gasteiger partial charge in [-0.15, -0.1) is 0 Å². The van der Waals surface area contributed by atoms with Crippen molar-refractivity contribution >= 4 is 18.0 Å². The molecule has 0 aromatic rings. The van der Waals surface area contributed by atoms with Gasteiger partial charge < -0.3 is 14.8 Å². The van der Waals surface area contributed by atoms with Crippen LogP contribution in [0.25, 0.3) is 0 Å². The highest BCUT2D eigenvalue weighted by atomic mass is 16.7. The smallest absolute Gasteiger partial charge is 0.408 e. The van der Waals surface area contributed by atoms with E-state index in [9.17, 15) is 14.4 Å². The summed E-state index contributed by atoms with van der Waals surface area (Å²) in [7, 11) is 2.65. The standard InChI is InChI=1S/C14H24N2O6/c1-7-8-21-13(19)15-10(12(18)16(5)20-6)9-11(17)22-14(2,3)4/h7,10H,1,8-9H2,2-6H3,(H,15,19)/t10-/m0/s1. The summed E-state index contributed by atoms with van der Waals surface area (Å²) in [6.07, 6.45) is 0.199. The number of nitrogens with zero attached hydrogens (tertiary/aromatic N) is 1. The molecule has 0 radical (unpaired) electrons. The lowest BCUT2D eigenvalue weighted by atomic mass is 10.1. The number of rotatable bonds is 7. The minimum absolute atomic E-state index is 0.0146. The molecule has 0 aromatic carbocycles. The van der Waals surface area contributed by atoms with E-state index in [0.29, 0.717) is 0 Å². The highest BCUT2D eigenvalue weighted by Crippen LogP contribution is 2.10. The monoisotopic (exact) mass is 316 g/mol. The molecular weight excluding hydrogens is 292 g/mol. The van der Waals surface area contributed by atoms with Crippen LogP contribution in [0.2, 0.25) is 0 Å². The molecule has 2 amide bonds. The number of likely N-dealkylation sites (N-methyl/N-ethyl adjacent to an activating group) is 1. The second-order valence-electron chi connectivity index (χ2n) is 5.39. The molecule has 0 aliphatic heterocycles. The van der Waals surface area contributed by atoms with Crippen LogP contribution in [0.1, 0.15) is 27.2 Å². The molecule has 0 rings (SSSR count). The first-order valence-corrected chi connectivity index (χ1v) is 6.68. The fraction of sp³-hybridized carbons (Fsp3) is 0.643. The van der Waals surface area contributed by atoms with Gasteiger partial charge in [0.2, 0.25) is 0 Å². The number of carbonyl (C=O) groups excluding carboxylic acids is 3. The fourth-order valence-corrected chi connectivity index (χ4v) is 1.38. The lowest BCUT2D eigenvalue weighted by molar-refractivity contribution is -0.173. The van der Waals surface area contributed by atoms with E-state index in [2.05, 4.69) is 11.9 Å². The molecule has 0 bridgehead atoms. The van der Waals surface area contributed by atoms with Crippen LogP contribution in [0.3, 0.4) is 0 Å². The van der Waals surface area contributed by atoms with E-state index in [0.717, 1.165) is 5.06 Å². The Labute approximate surface area is 130 Å². The first-order chi connectivity index (χ1) is 10.1. The van der Waals surface area contributed by atoms with Gasteiger partial charge >= 0.3 is 12.1 Å². The normalized spacial score (nSPS) is 12.0. The maximum Gasteiger partial charge on any atom is 0.408 e. The molecule has 0 saturated heterocycles. The van der Waals surface area contributed by atoms with Crippen molar-refractivity contribution in [2.45, 2.75) is 38.8 Å². The summed E-state index contributed by atoms with van der Waals surface area (Å²) in [4.78, 5) is 40.2. The molecule has 126 valence electrons. The number of hydrogen-bond acceptors (Lipinski definition) is 6. The van der Waals surface area contributed by atoms with Crippen LogP contribution in [0, 0.1) is 0 Å². The van der Waals surface area contributed by atoms with E-state index in [1.54, 1.807) is 20.8 Å². The molecular formula is C14H24N2O6. The molecule has 8 heteroatoms. The number of amides is 2. The molecule has 0 spiro atoms. The van der Waals surface area contributed by atoms with E-state index in [4.69, 9.17) is 14.3 Å². The molecule has 1 atom stereocenters. The molecule has 0 heterocycles. The zero-order valence-electron chi connectivity index (χ0n) is 13.7. The summed E-state index contributed by atoms with van der Waals surface area (Å²) in [6.45, 7) is 8.50. The van der Waals surface area contributed by atoms with Gasteiger partial charge in [0, 0.05) is 7.05 Å². The van der Waals surface area contributed by atoms with Gasteiger partial charge in [-0.2, -0.15) is 0 Å². The van der Waals surface area contributed by atoms with Crippen molar-refractivity contribution in [1.29, 1.82) is 0 Å². The second-order valence-corrected chi connectivity index (χ2v) is 5.39. The predicted molar refractivity (Wildman–Crippen MR) is 78.7 cm³/mol. The molecule has 8 nitrogen and oxygen atoms in total. The third-order valence-electron chi connectivity index (χ3n) is 2.30.